The summed E-state index contributed by atoms with van der Waals surface area (Å²) in [5.74, 6) is 5.49. The Hall–Kier alpha value is -4.30. The van der Waals surface area contributed by atoms with E-state index < -0.39 is 0 Å². The first-order chi connectivity index (χ1) is 25.8. The van der Waals surface area contributed by atoms with Crippen molar-refractivity contribution < 1.29 is 0 Å². The van der Waals surface area contributed by atoms with E-state index in [1.807, 2.05) is 0 Å². The molecule has 5 aromatic carbocycles. The van der Waals surface area contributed by atoms with Gasteiger partial charge in [0.25, 0.3) is 0 Å². The molecule has 13 rings (SSSR count). The molecule has 7 aliphatic carbocycles. The van der Waals surface area contributed by atoms with E-state index in [-0.39, 0.29) is 5.41 Å². The number of hydrogen-bond donors (Lipinski definition) is 0. The molecule has 2 heteroatoms. The van der Waals surface area contributed by atoms with Crippen LogP contribution < -0.4 is 4.90 Å². The predicted octanol–water partition coefficient (Wildman–Crippen LogP) is 13.5. The van der Waals surface area contributed by atoms with Crippen LogP contribution in [0.5, 0.6) is 0 Å². The molecular formula is C51H52N2. The monoisotopic (exact) mass is 692 g/mol. The van der Waals surface area contributed by atoms with Gasteiger partial charge in [0.1, 0.15) is 0 Å². The first kappa shape index (κ1) is 31.1. The van der Waals surface area contributed by atoms with Gasteiger partial charge in [0.05, 0.1) is 0 Å². The maximum absolute atomic E-state index is 2.55. The molecule has 53 heavy (non-hydrogen) atoms. The van der Waals surface area contributed by atoms with Gasteiger partial charge in [-0.2, -0.15) is 0 Å². The van der Waals surface area contributed by atoms with Crippen LogP contribution in [-0.4, -0.2) is 4.57 Å². The molecule has 0 saturated heterocycles. The number of fused-ring (bicyclic) bond motifs is 8. The number of anilines is 3. The van der Waals surface area contributed by atoms with Gasteiger partial charge in [0.15, 0.2) is 0 Å². The molecule has 0 radical (unpaired) electrons. The van der Waals surface area contributed by atoms with Gasteiger partial charge >= 0.3 is 0 Å². The van der Waals surface area contributed by atoms with E-state index in [1.54, 1.807) is 11.1 Å². The largest absolute Gasteiger partial charge is 0.344 e. The number of benzene rings is 5. The first-order valence-corrected chi connectivity index (χ1v) is 21.0. The number of rotatable bonds is 5. The standard InChI is InChI=1S/C51H52N2/c1-50(2)46-25-40(18-19-41(46)44-27-49-45(26-47(44)50)42-6-4-5-7-48(42)52(49)3)53(38-14-10-35(11-15-38)43-24-31-8-9-36(43)23-31)39-16-12-37(13-17-39)51-28-32-20-33(29-51)22-34(21-32)30-51/h4-7,10-19,25-27,31-34,36,43H,8-9,20-24,28-30H2,1-3H3. The van der Waals surface area contributed by atoms with Crippen molar-refractivity contribution in [2.75, 3.05) is 4.90 Å². The quantitative estimate of drug-likeness (QED) is 0.175. The van der Waals surface area contributed by atoms with Gasteiger partial charge in [-0.1, -0.05) is 68.8 Å². The summed E-state index contributed by atoms with van der Waals surface area (Å²) in [5, 5.41) is 2.71. The molecule has 0 spiro atoms. The normalized spacial score (nSPS) is 30.0. The van der Waals surface area contributed by atoms with Crippen molar-refractivity contribution >= 4 is 38.9 Å². The van der Waals surface area contributed by atoms with Crippen LogP contribution in [0.15, 0.2) is 103 Å². The Morgan fingerprint density at radius 3 is 1.91 bits per heavy atom. The molecule has 1 aromatic heterocycles. The van der Waals surface area contributed by atoms with Crippen molar-refractivity contribution in [1.29, 1.82) is 0 Å². The molecule has 0 amide bonds. The van der Waals surface area contributed by atoms with E-state index in [2.05, 4.69) is 133 Å². The van der Waals surface area contributed by atoms with Crippen LogP contribution in [0, 0.1) is 29.6 Å². The molecule has 6 saturated carbocycles. The summed E-state index contributed by atoms with van der Waals surface area (Å²) in [4.78, 5) is 2.55. The molecule has 6 bridgehead atoms. The highest BCUT2D eigenvalue weighted by molar-refractivity contribution is 6.10. The van der Waals surface area contributed by atoms with Crippen LogP contribution in [0.25, 0.3) is 32.9 Å². The summed E-state index contributed by atoms with van der Waals surface area (Å²) in [6, 6.07) is 41.0. The summed E-state index contributed by atoms with van der Waals surface area (Å²) in [7, 11) is 2.22. The number of nitrogens with zero attached hydrogens (tertiary/aromatic N) is 2. The highest BCUT2D eigenvalue weighted by Crippen LogP contribution is 2.61. The zero-order valence-electron chi connectivity index (χ0n) is 31.7. The topological polar surface area (TPSA) is 8.17 Å². The van der Waals surface area contributed by atoms with E-state index >= 15 is 0 Å². The number of aromatic nitrogens is 1. The minimum Gasteiger partial charge on any atom is -0.344 e. The van der Waals surface area contributed by atoms with Crippen molar-refractivity contribution in [1.82, 2.24) is 4.57 Å². The molecule has 2 nitrogen and oxygen atoms in total. The van der Waals surface area contributed by atoms with E-state index in [9.17, 15) is 0 Å². The summed E-state index contributed by atoms with van der Waals surface area (Å²) >= 11 is 0. The van der Waals surface area contributed by atoms with Crippen LogP contribution >= 0.6 is 0 Å². The SMILES string of the molecule is Cn1c2ccccc2c2cc3c(cc21)-c1ccc(N(c2ccc(C4CC5CCC4C5)cc2)c2ccc(C45CC6CC(CC(C6)C4)C5)cc2)cc1C3(C)C. The molecule has 0 aliphatic heterocycles. The van der Waals surface area contributed by atoms with Crippen LogP contribution in [0.1, 0.15) is 106 Å². The number of para-hydroxylation sites is 1. The van der Waals surface area contributed by atoms with E-state index in [0.29, 0.717) is 5.41 Å². The summed E-state index contributed by atoms with van der Waals surface area (Å²) in [6.45, 7) is 4.88. The zero-order valence-corrected chi connectivity index (χ0v) is 31.7. The van der Waals surface area contributed by atoms with Gasteiger partial charge in [0.2, 0.25) is 0 Å². The Labute approximate surface area is 315 Å². The Kier molecular flexibility index (Phi) is 6.39. The molecule has 6 fully saturated rings. The Morgan fingerprint density at radius 2 is 1.23 bits per heavy atom. The van der Waals surface area contributed by atoms with Crippen LogP contribution in [0.4, 0.5) is 17.1 Å². The maximum atomic E-state index is 2.55. The third-order valence-electron chi connectivity index (χ3n) is 16.0. The van der Waals surface area contributed by atoms with E-state index in [0.717, 1.165) is 35.5 Å². The average Bonchev–Trinajstić information content (AvgIpc) is 3.93. The van der Waals surface area contributed by atoms with Crippen molar-refractivity contribution in [2.45, 2.75) is 94.8 Å². The highest BCUT2D eigenvalue weighted by Gasteiger charge is 2.51. The Morgan fingerprint density at radius 1 is 0.566 bits per heavy atom. The second kappa shape index (κ2) is 10.9. The van der Waals surface area contributed by atoms with Crippen molar-refractivity contribution in [3.63, 3.8) is 0 Å². The predicted molar refractivity (Wildman–Crippen MR) is 221 cm³/mol. The first-order valence-electron chi connectivity index (χ1n) is 21.0. The van der Waals surface area contributed by atoms with Crippen LogP contribution in [0.2, 0.25) is 0 Å². The van der Waals surface area contributed by atoms with Gasteiger partial charge in [-0.3, -0.25) is 0 Å². The third kappa shape index (κ3) is 4.45. The lowest BCUT2D eigenvalue weighted by Crippen LogP contribution is -2.48. The lowest BCUT2D eigenvalue weighted by molar-refractivity contribution is -0.00518. The fourth-order valence-corrected chi connectivity index (χ4v) is 13.9. The summed E-state index contributed by atoms with van der Waals surface area (Å²) < 4.78 is 2.37. The number of aryl methyl sites for hydroxylation is 1. The van der Waals surface area contributed by atoms with Gasteiger partial charge in [-0.15, -0.1) is 0 Å². The molecule has 3 unspecified atom stereocenters. The second-order valence-electron chi connectivity index (χ2n) is 19.3. The van der Waals surface area contributed by atoms with Crippen molar-refractivity contribution in [2.24, 2.45) is 36.6 Å². The Balaban J connectivity index is 0.959. The van der Waals surface area contributed by atoms with E-state index in [1.165, 1.54) is 125 Å². The molecule has 1 heterocycles. The minimum absolute atomic E-state index is 0.106. The molecule has 266 valence electrons. The highest BCUT2D eigenvalue weighted by atomic mass is 15.1. The molecule has 6 aromatic rings. The van der Waals surface area contributed by atoms with Crippen molar-refractivity contribution in [3.05, 3.63) is 125 Å². The van der Waals surface area contributed by atoms with Crippen LogP contribution in [0.3, 0.4) is 0 Å². The van der Waals surface area contributed by atoms with Crippen LogP contribution in [-0.2, 0) is 17.9 Å². The summed E-state index contributed by atoms with van der Waals surface area (Å²) in [6.07, 6.45) is 14.5. The smallest absolute Gasteiger partial charge is 0.0495 e. The van der Waals surface area contributed by atoms with E-state index in [4.69, 9.17) is 0 Å². The minimum atomic E-state index is -0.106. The zero-order chi connectivity index (χ0) is 35.2. The molecule has 3 atom stereocenters. The fraction of sp³-hybridized carbons (Fsp3) is 0.412. The van der Waals surface area contributed by atoms with Gasteiger partial charge in [-0.25, -0.2) is 0 Å². The van der Waals surface area contributed by atoms with Gasteiger partial charge < -0.3 is 9.47 Å². The van der Waals surface area contributed by atoms with Gasteiger partial charge in [0, 0.05) is 51.3 Å². The van der Waals surface area contributed by atoms with Crippen molar-refractivity contribution in [3.8, 4) is 11.1 Å². The Bertz CT molecular complexity index is 2410. The average molecular weight is 693 g/mol. The molecule has 7 aliphatic rings. The molecular weight excluding hydrogens is 641 g/mol. The third-order valence-corrected chi connectivity index (χ3v) is 16.0. The fourth-order valence-electron chi connectivity index (χ4n) is 13.9. The maximum Gasteiger partial charge on any atom is 0.0495 e. The lowest BCUT2D eigenvalue weighted by Gasteiger charge is -2.57. The molecule has 0 N–H and O–H groups in total. The van der Waals surface area contributed by atoms with Gasteiger partial charge in [-0.05, 0) is 187 Å². The summed E-state index contributed by atoms with van der Waals surface area (Å²) in [5.41, 5.74) is 15.5. The number of hydrogen-bond acceptors (Lipinski definition) is 1. The lowest BCUT2D eigenvalue weighted by atomic mass is 9.48. The second-order valence-corrected chi connectivity index (χ2v) is 19.3.